The number of alkyl halides is 3. The van der Waals surface area contributed by atoms with E-state index in [0.29, 0.717) is 38.0 Å². The van der Waals surface area contributed by atoms with Crippen LogP contribution in [-0.2, 0) is 6.54 Å². The van der Waals surface area contributed by atoms with Gasteiger partial charge in [0.2, 0.25) is 5.91 Å². The number of carbonyl (C=O) groups is 1. The van der Waals surface area contributed by atoms with Crippen molar-refractivity contribution < 1.29 is 22.7 Å². The Morgan fingerprint density at radius 2 is 1.76 bits per heavy atom. The van der Waals surface area contributed by atoms with Crippen molar-refractivity contribution in [2.75, 3.05) is 0 Å². The Hall–Kier alpha value is -3.19. The summed E-state index contributed by atoms with van der Waals surface area (Å²) in [6.45, 7) is 0.0538. The number of carbonyl (C=O) groups excluding carboxylic acids is 1. The van der Waals surface area contributed by atoms with E-state index in [2.05, 4.69) is 4.74 Å². The molecule has 0 aliphatic carbocycles. The van der Waals surface area contributed by atoms with Gasteiger partial charge in [0, 0.05) is 21.9 Å². The molecule has 8 heteroatoms. The predicted molar refractivity (Wildman–Crippen MR) is 105 cm³/mol. The zero-order valence-corrected chi connectivity index (χ0v) is 15.6. The molecule has 4 aromatic rings. The molecule has 0 spiro atoms. The number of halogens is 4. The van der Waals surface area contributed by atoms with Crippen LogP contribution in [0.5, 0.6) is 5.75 Å². The molecule has 0 radical (unpaired) electrons. The van der Waals surface area contributed by atoms with Gasteiger partial charge in [0.05, 0.1) is 22.6 Å². The van der Waals surface area contributed by atoms with E-state index in [-0.39, 0.29) is 12.3 Å². The van der Waals surface area contributed by atoms with Crippen molar-refractivity contribution in [3.8, 4) is 5.75 Å². The summed E-state index contributed by atoms with van der Waals surface area (Å²) in [7, 11) is 0. The minimum atomic E-state index is -4.81. The lowest BCUT2D eigenvalue weighted by Gasteiger charge is -2.15. The second-order valence-corrected chi connectivity index (χ2v) is 6.85. The molecule has 2 N–H and O–H groups in total. The number of benzene rings is 3. The number of nitrogens with two attached hydrogens (primary N) is 1. The minimum Gasteiger partial charge on any atom is -0.405 e. The molecule has 1 heterocycles. The Kier molecular flexibility index (Phi) is 4.62. The highest BCUT2D eigenvalue weighted by atomic mass is 35.5. The fourth-order valence-corrected chi connectivity index (χ4v) is 3.84. The average Bonchev–Trinajstić information content (AvgIpc) is 2.97. The monoisotopic (exact) mass is 418 g/mol. The molecule has 1 amide bonds. The first kappa shape index (κ1) is 19.1. The van der Waals surface area contributed by atoms with Crippen molar-refractivity contribution in [1.29, 1.82) is 0 Å². The molecule has 0 aliphatic heterocycles. The number of aromatic nitrogens is 1. The first-order valence-corrected chi connectivity index (χ1v) is 8.97. The largest absolute Gasteiger partial charge is 0.573 e. The van der Waals surface area contributed by atoms with Crippen LogP contribution in [0.3, 0.4) is 0 Å². The highest BCUT2D eigenvalue weighted by Crippen LogP contribution is 2.37. The predicted octanol–water partition coefficient (Wildman–Crippen LogP) is 5.49. The molecule has 29 heavy (non-hydrogen) atoms. The zero-order chi connectivity index (χ0) is 20.8. The molecule has 1 aromatic heterocycles. The second-order valence-electron chi connectivity index (χ2n) is 6.44. The van der Waals surface area contributed by atoms with Gasteiger partial charge in [-0.3, -0.25) is 4.79 Å². The van der Waals surface area contributed by atoms with Gasteiger partial charge in [0.15, 0.2) is 0 Å². The molecule has 0 aliphatic rings. The molecule has 148 valence electrons. The lowest BCUT2D eigenvalue weighted by molar-refractivity contribution is -0.274. The zero-order valence-electron chi connectivity index (χ0n) is 14.8. The third-order valence-electron chi connectivity index (χ3n) is 4.65. The number of primary amides is 1. The Morgan fingerprint density at radius 1 is 1.03 bits per heavy atom. The maximum atomic E-state index is 12.8. The number of nitrogens with zero attached hydrogens (tertiary/aromatic N) is 1. The summed E-state index contributed by atoms with van der Waals surface area (Å²) in [5.41, 5.74) is 7.39. The van der Waals surface area contributed by atoms with Crippen LogP contribution in [0.2, 0.25) is 5.02 Å². The number of fused-ring (bicyclic) bond motifs is 3. The summed E-state index contributed by atoms with van der Waals surface area (Å²) in [6.07, 6.45) is -4.81. The average molecular weight is 419 g/mol. The Labute approximate surface area is 168 Å². The topological polar surface area (TPSA) is 57.2 Å². The van der Waals surface area contributed by atoms with Crippen LogP contribution >= 0.6 is 11.6 Å². The van der Waals surface area contributed by atoms with Gasteiger partial charge < -0.3 is 15.0 Å². The third kappa shape index (κ3) is 3.49. The number of amides is 1. The maximum Gasteiger partial charge on any atom is 0.573 e. The van der Waals surface area contributed by atoms with Gasteiger partial charge in [-0.1, -0.05) is 48.0 Å². The van der Waals surface area contributed by atoms with E-state index in [4.69, 9.17) is 17.3 Å². The van der Waals surface area contributed by atoms with Crippen molar-refractivity contribution in [2.24, 2.45) is 5.73 Å². The van der Waals surface area contributed by atoms with Crippen LogP contribution in [0.4, 0.5) is 13.2 Å². The molecule has 4 rings (SSSR count). The normalized spacial score (nSPS) is 11.9. The van der Waals surface area contributed by atoms with E-state index < -0.39 is 12.3 Å². The molecule has 0 unspecified atom stereocenters. The van der Waals surface area contributed by atoms with E-state index in [1.165, 1.54) is 12.1 Å². The quantitative estimate of drug-likeness (QED) is 0.476. The smallest absolute Gasteiger partial charge is 0.405 e. The van der Waals surface area contributed by atoms with E-state index in [9.17, 15) is 18.0 Å². The van der Waals surface area contributed by atoms with Gasteiger partial charge in [0.25, 0.3) is 0 Å². The van der Waals surface area contributed by atoms with Crippen LogP contribution in [0.25, 0.3) is 21.8 Å². The Balaban J connectivity index is 1.98. The fraction of sp³-hybridized carbons (Fsp3) is 0.0952. The molecule has 4 nitrogen and oxygen atoms in total. The van der Waals surface area contributed by atoms with E-state index in [1.54, 1.807) is 53.1 Å². The summed E-state index contributed by atoms with van der Waals surface area (Å²) in [4.78, 5) is 12.0. The van der Waals surface area contributed by atoms with Crippen molar-refractivity contribution in [3.63, 3.8) is 0 Å². The molecule has 0 fully saturated rings. The first-order valence-electron chi connectivity index (χ1n) is 8.59. The maximum absolute atomic E-state index is 12.8. The van der Waals surface area contributed by atoms with Crippen LogP contribution in [0, 0.1) is 0 Å². The van der Waals surface area contributed by atoms with Crippen LogP contribution < -0.4 is 10.5 Å². The number of para-hydroxylation sites is 2. The van der Waals surface area contributed by atoms with Gasteiger partial charge in [-0.2, -0.15) is 0 Å². The molecular weight excluding hydrogens is 405 g/mol. The highest BCUT2D eigenvalue weighted by Gasteiger charge is 2.32. The van der Waals surface area contributed by atoms with Crippen molar-refractivity contribution >= 4 is 39.3 Å². The summed E-state index contributed by atoms with van der Waals surface area (Å²) in [6, 6.07) is 16.2. The van der Waals surface area contributed by atoms with E-state index >= 15 is 0 Å². The molecule has 0 atom stereocenters. The molecule has 0 bridgehead atoms. The Bertz CT molecular complexity index is 1250. The van der Waals surface area contributed by atoms with Crippen molar-refractivity contribution in [3.05, 3.63) is 76.8 Å². The fourth-order valence-electron chi connectivity index (χ4n) is 3.56. The van der Waals surface area contributed by atoms with E-state index in [0.717, 1.165) is 0 Å². The van der Waals surface area contributed by atoms with Gasteiger partial charge in [-0.15, -0.1) is 13.2 Å². The van der Waals surface area contributed by atoms with Crippen LogP contribution in [-0.4, -0.2) is 16.8 Å². The van der Waals surface area contributed by atoms with Gasteiger partial charge >= 0.3 is 6.36 Å². The number of ether oxygens (including phenoxy) is 1. The summed E-state index contributed by atoms with van der Waals surface area (Å²) >= 11 is 6.43. The van der Waals surface area contributed by atoms with Gasteiger partial charge in [-0.05, 0) is 24.3 Å². The van der Waals surface area contributed by atoms with E-state index in [1.807, 2.05) is 0 Å². The van der Waals surface area contributed by atoms with Crippen LogP contribution in [0.1, 0.15) is 15.9 Å². The number of hydrogen-bond acceptors (Lipinski definition) is 2. The SMILES string of the molecule is NC(=O)c1cccc2c1c1cccc(Cl)c1n2Cc1ccccc1OC(F)(F)F. The summed E-state index contributed by atoms with van der Waals surface area (Å²) < 4.78 is 44.4. The van der Waals surface area contributed by atoms with Crippen LogP contribution in [0.15, 0.2) is 60.7 Å². The van der Waals surface area contributed by atoms with Gasteiger partial charge in [-0.25, -0.2) is 0 Å². The molecule has 0 saturated carbocycles. The van der Waals surface area contributed by atoms with Crippen molar-refractivity contribution in [2.45, 2.75) is 12.9 Å². The van der Waals surface area contributed by atoms with Gasteiger partial charge in [0.1, 0.15) is 5.75 Å². The summed E-state index contributed by atoms with van der Waals surface area (Å²) in [5.74, 6) is -0.900. The molecular formula is C21H14ClF3N2O2. The standard InChI is InChI=1S/C21H14ClF3N2O2/c22-15-8-3-6-13-18-14(20(26)28)7-4-9-16(18)27(19(13)15)11-12-5-1-2-10-17(12)29-21(23,24)25/h1-10H,11H2,(H2,26,28). The molecule has 3 aromatic carbocycles. The number of rotatable bonds is 4. The third-order valence-corrected chi connectivity index (χ3v) is 4.96. The summed E-state index contributed by atoms with van der Waals surface area (Å²) in [5, 5.41) is 1.70. The highest BCUT2D eigenvalue weighted by molar-refractivity contribution is 6.37. The first-order chi connectivity index (χ1) is 13.8. The second kappa shape index (κ2) is 7.00. The van der Waals surface area contributed by atoms with Crippen molar-refractivity contribution in [1.82, 2.24) is 4.57 Å². The lowest BCUT2D eigenvalue weighted by atomic mass is 10.1. The minimum absolute atomic E-state index is 0.0538. The molecule has 0 saturated heterocycles. The number of hydrogen-bond donors (Lipinski definition) is 1. The lowest BCUT2D eigenvalue weighted by Crippen LogP contribution is -2.18. The Morgan fingerprint density at radius 3 is 2.48 bits per heavy atom.